The van der Waals surface area contributed by atoms with Crippen LogP contribution >= 0.6 is 11.3 Å². The highest BCUT2D eigenvalue weighted by Gasteiger charge is 2.14. The monoisotopic (exact) mass is 440 g/mol. The van der Waals surface area contributed by atoms with Gasteiger partial charge in [0.2, 0.25) is 14.8 Å². The Bertz CT molecular complexity index is 1360. The Morgan fingerprint density at radius 2 is 1.87 bits per heavy atom. The van der Waals surface area contributed by atoms with Crippen LogP contribution in [0.1, 0.15) is 18.2 Å². The minimum absolute atomic E-state index is 0.0998. The van der Waals surface area contributed by atoms with Gasteiger partial charge in [-0.2, -0.15) is 5.10 Å². The van der Waals surface area contributed by atoms with Crippen molar-refractivity contribution in [3.8, 4) is 0 Å². The van der Waals surface area contributed by atoms with E-state index in [0.29, 0.717) is 11.5 Å². The van der Waals surface area contributed by atoms with Gasteiger partial charge in [0.25, 0.3) is 0 Å². The number of rotatable bonds is 6. The van der Waals surface area contributed by atoms with E-state index in [1.165, 1.54) is 6.26 Å². The molecule has 0 fully saturated rings. The Hall–Kier alpha value is -3.01. The van der Waals surface area contributed by atoms with Crippen molar-refractivity contribution >= 4 is 37.3 Å². The molecular formula is C21H20N4O3S2. The van der Waals surface area contributed by atoms with Gasteiger partial charge in [0.05, 0.1) is 33.6 Å². The van der Waals surface area contributed by atoms with Crippen molar-refractivity contribution in [1.82, 2.24) is 9.29 Å². The second-order valence-electron chi connectivity index (χ2n) is 6.63. The maximum Gasteiger partial charge on any atom is 0.240 e. The van der Waals surface area contributed by atoms with Gasteiger partial charge >= 0.3 is 0 Å². The summed E-state index contributed by atoms with van der Waals surface area (Å²) in [6.45, 7) is 1.94. The quantitative estimate of drug-likeness (QED) is 0.367. The van der Waals surface area contributed by atoms with E-state index >= 15 is 0 Å². The van der Waals surface area contributed by atoms with E-state index in [2.05, 4.69) is 21.0 Å². The van der Waals surface area contributed by atoms with Crippen LogP contribution in [0.25, 0.3) is 10.2 Å². The maximum absolute atomic E-state index is 12.4. The lowest BCUT2D eigenvalue weighted by Crippen LogP contribution is -2.23. The molecule has 4 rings (SSSR count). The van der Waals surface area contributed by atoms with Crippen LogP contribution in [-0.2, 0) is 23.6 Å². The van der Waals surface area contributed by atoms with Gasteiger partial charge in [0.1, 0.15) is 5.76 Å². The summed E-state index contributed by atoms with van der Waals surface area (Å²) >= 11 is 1.57. The van der Waals surface area contributed by atoms with Crippen molar-refractivity contribution in [2.24, 2.45) is 17.3 Å². The zero-order valence-electron chi connectivity index (χ0n) is 16.4. The first-order valence-electron chi connectivity index (χ1n) is 9.19. The number of hydrogen-bond acceptors (Lipinski definition) is 6. The average molecular weight is 441 g/mol. The maximum atomic E-state index is 12.4. The normalized spacial score (nSPS) is 13.3. The van der Waals surface area contributed by atoms with Gasteiger partial charge in [-0.05, 0) is 48.9 Å². The Kier molecular flexibility index (Phi) is 5.67. The fourth-order valence-corrected chi connectivity index (χ4v) is 4.85. The Balaban J connectivity index is 1.53. The molecule has 4 aromatic rings. The minimum atomic E-state index is -3.63. The van der Waals surface area contributed by atoms with E-state index in [1.54, 1.807) is 47.7 Å². The van der Waals surface area contributed by atoms with Crippen molar-refractivity contribution < 1.29 is 12.8 Å². The van der Waals surface area contributed by atoms with Crippen LogP contribution < -0.4 is 9.52 Å². The van der Waals surface area contributed by atoms with Gasteiger partial charge in [-0.1, -0.05) is 35.6 Å². The number of benzene rings is 2. The van der Waals surface area contributed by atoms with E-state index in [9.17, 15) is 8.42 Å². The number of nitrogens with zero attached hydrogens (tertiary/aromatic N) is 3. The molecule has 2 aromatic carbocycles. The van der Waals surface area contributed by atoms with Crippen LogP contribution in [0.5, 0.6) is 0 Å². The number of fused-ring (bicyclic) bond motifs is 1. The van der Waals surface area contributed by atoms with Gasteiger partial charge in [-0.25, -0.2) is 13.1 Å². The fraction of sp³-hybridized carbons (Fsp3) is 0.143. The number of furan rings is 1. The van der Waals surface area contributed by atoms with E-state index in [-0.39, 0.29) is 11.4 Å². The molecule has 7 nitrogen and oxygen atoms in total. The molecule has 1 N–H and O–H groups in total. The van der Waals surface area contributed by atoms with Gasteiger partial charge in [-0.3, -0.25) is 0 Å². The number of para-hydroxylation sites is 1. The first-order chi connectivity index (χ1) is 14.4. The zero-order valence-corrected chi connectivity index (χ0v) is 18.1. The van der Waals surface area contributed by atoms with Crippen LogP contribution in [0.4, 0.5) is 0 Å². The van der Waals surface area contributed by atoms with Gasteiger partial charge in [0.15, 0.2) is 0 Å². The topological polar surface area (TPSA) is 89.0 Å². The first kappa shape index (κ1) is 20.3. The van der Waals surface area contributed by atoms with Gasteiger partial charge < -0.3 is 8.98 Å². The Morgan fingerprint density at radius 1 is 1.10 bits per heavy atom. The molecule has 0 spiro atoms. The highest BCUT2D eigenvalue weighted by molar-refractivity contribution is 7.89. The van der Waals surface area contributed by atoms with Crippen molar-refractivity contribution in [3.05, 3.63) is 83.1 Å². The summed E-state index contributed by atoms with van der Waals surface area (Å²) in [5, 5.41) is 8.71. The summed E-state index contributed by atoms with van der Waals surface area (Å²) in [7, 11) is -1.67. The lowest BCUT2D eigenvalue weighted by Gasteiger charge is -2.06. The minimum Gasteiger partial charge on any atom is -0.468 e. The van der Waals surface area contributed by atoms with Crippen molar-refractivity contribution in [2.75, 3.05) is 0 Å². The van der Waals surface area contributed by atoms with Crippen LogP contribution in [0.3, 0.4) is 0 Å². The molecule has 0 amide bonds. The summed E-state index contributed by atoms with van der Waals surface area (Å²) in [5.41, 5.74) is 2.60. The third kappa shape index (κ3) is 4.28. The summed E-state index contributed by atoms with van der Waals surface area (Å²) in [5.74, 6) is 0.550. The van der Waals surface area contributed by atoms with Crippen molar-refractivity contribution in [1.29, 1.82) is 0 Å². The fourth-order valence-electron chi connectivity index (χ4n) is 2.89. The molecule has 0 aliphatic heterocycles. The predicted molar refractivity (Wildman–Crippen MR) is 118 cm³/mol. The first-order valence-corrected chi connectivity index (χ1v) is 11.5. The number of thiazole rings is 1. The standard InChI is InChI=1S/C21H20N4O3S2/c1-15(23-24-21-25(2)19-7-3-4-8-20(19)29-21)16-9-11-18(12-10-16)30(26,27)22-14-17-6-5-13-28-17/h3-13,22H,14H2,1-2H3/b23-15-,24-21+. The van der Waals surface area contributed by atoms with Crippen LogP contribution in [0.2, 0.25) is 0 Å². The molecule has 0 aliphatic rings. The average Bonchev–Trinajstić information content (AvgIpc) is 3.39. The summed E-state index contributed by atoms with van der Waals surface area (Å²) in [6.07, 6.45) is 1.50. The molecule has 0 saturated heterocycles. The summed E-state index contributed by atoms with van der Waals surface area (Å²) in [6, 6.07) is 18.1. The van der Waals surface area contributed by atoms with Gasteiger partial charge in [-0.15, -0.1) is 5.10 Å². The zero-order chi connectivity index (χ0) is 21.1. The third-order valence-electron chi connectivity index (χ3n) is 4.60. The summed E-state index contributed by atoms with van der Waals surface area (Å²) < 4.78 is 35.7. The van der Waals surface area contributed by atoms with E-state index in [0.717, 1.165) is 20.6 Å². The van der Waals surface area contributed by atoms with E-state index in [4.69, 9.17) is 4.42 Å². The molecule has 0 unspecified atom stereocenters. The second-order valence-corrected chi connectivity index (χ2v) is 9.40. The second kappa shape index (κ2) is 8.39. The molecule has 0 bridgehead atoms. The number of hydrogen-bond donors (Lipinski definition) is 1. The number of sulfonamides is 1. The molecule has 30 heavy (non-hydrogen) atoms. The third-order valence-corrected chi connectivity index (χ3v) is 7.12. The number of aromatic nitrogens is 1. The lowest BCUT2D eigenvalue weighted by molar-refractivity contribution is 0.498. The molecule has 9 heteroatoms. The molecule has 2 aromatic heterocycles. The molecule has 0 aliphatic carbocycles. The Labute approximate surface area is 178 Å². The molecule has 0 atom stereocenters. The molecule has 0 radical (unpaired) electrons. The predicted octanol–water partition coefficient (Wildman–Crippen LogP) is 3.64. The van der Waals surface area contributed by atoms with Crippen LogP contribution in [0, 0.1) is 0 Å². The van der Waals surface area contributed by atoms with Crippen molar-refractivity contribution in [2.45, 2.75) is 18.4 Å². The van der Waals surface area contributed by atoms with Crippen molar-refractivity contribution in [3.63, 3.8) is 0 Å². The van der Waals surface area contributed by atoms with Crippen LogP contribution in [0.15, 0.2) is 86.4 Å². The largest absolute Gasteiger partial charge is 0.468 e. The summed E-state index contributed by atoms with van der Waals surface area (Å²) in [4.78, 5) is 0.968. The van der Waals surface area contributed by atoms with Gasteiger partial charge in [0, 0.05) is 7.05 Å². The van der Waals surface area contributed by atoms with E-state index in [1.807, 2.05) is 36.7 Å². The SMILES string of the molecule is C/C(=N/N=c1/sc2ccccc2n1C)c1ccc(S(=O)(=O)NCc2ccco2)cc1. The van der Waals surface area contributed by atoms with E-state index < -0.39 is 10.0 Å². The van der Waals surface area contributed by atoms with Crippen LogP contribution in [-0.4, -0.2) is 18.7 Å². The Morgan fingerprint density at radius 3 is 2.57 bits per heavy atom. The smallest absolute Gasteiger partial charge is 0.240 e. The number of aryl methyl sites for hydroxylation is 1. The molecule has 2 heterocycles. The number of nitrogens with one attached hydrogen (secondary N) is 1. The molecule has 154 valence electrons. The lowest BCUT2D eigenvalue weighted by atomic mass is 10.1. The highest BCUT2D eigenvalue weighted by Crippen LogP contribution is 2.16. The molecule has 0 saturated carbocycles. The highest BCUT2D eigenvalue weighted by atomic mass is 32.2. The molecular weight excluding hydrogens is 420 g/mol.